The number of carbonyl (C=O) groups is 2. The highest BCUT2D eigenvalue weighted by molar-refractivity contribution is 5.97. The lowest BCUT2D eigenvalue weighted by molar-refractivity contribution is -0.133. The monoisotopic (exact) mass is 453 g/mol. The lowest BCUT2D eigenvalue weighted by Gasteiger charge is -2.35. The highest BCUT2D eigenvalue weighted by Crippen LogP contribution is 2.31. The summed E-state index contributed by atoms with van der Waals surface area (Å²) in [7, 11) is 5.14. The minimum Gasteiger partial charge on any atom is -0.497 e. The Labute approximate surface area is 196 Å². The van der Waals surface area contributed by atoms with Gasteiger partial charge in [-0.15, -0.1) is 0 Å². The van der Waals surface area contributed by atoms with Gasteiger partial charge in [0.25, 0.3) is 5.91 Å². The summed E-state index contributed by atoms with van der Waals surface area (Å²) in [6, 6.07) is 9.60. The Morgan fingerprint density at radius 2 is 1.58 bits per heavy atom. The quantitative estimate of drug-likeness (QED) is 0.576. The van der Waals surface area contributed by atoms with E-state index < -0.39 is 0 Å². The molecular formula is C26H35N3O4. The number of aryl methyl sites for hydroxylation is 1. The Hall–Kier alpha value is -2.96. The van der Waals surface area contributed by atoms with Gasteiger partial charge in [-0.1, -0.05) is 19.3 Å². The van der Waals surface area contributed by atoms with Gasteiger partial charge in [-0.3, -0.25) is 9.59 Å². The van der Waals surface area contributed by atoms with Crippen LogP contribution >= 0.6 is 0 Å². The topological polar surface area (TPSA) is 64.0 Å². The highest BCUT2D eigenvalue weighted by Gasteiger charge is 2.36. The zero-order valence-corrected chi connectivity index (χ0v) is 20.0. The van der Waals surface area contributed by atoms with Gasteiger partial charge in [0.2, 0.25) is 5.91 Å². The van der Waals surface area contributed by atoms with Gasteiger partial charge >= 0.3 is 0 Å². The molecule has 2 aliphatic rings. The molecule has 0 aliphatic heterocycles. The summed E-state index contributed by atoms with van der Waals surface area (Å²) < 4.78 is 12.8. The SMILES string of the molecule is COc1cc(OC)cc(C(=O)N(CC(=O)N(Cc2cccn2C)C2CC2)C2CCCCC2)c1. The summed E-state index contributed by atoms with van der Waals surface area (Å²) in [5.41, 5.74) is 1.59. The first-order valence-corrected chi connectivity index (χ1v) is 11.9. The molecule has 2 saturated carbocycles. The molecule has 178 valence electrons. The van der Waals surface area contributed by atoms with Crippen LogP contribution in [0.5, 0.6) is 11.5 Å². The number of benzene rings is 1. The minimum atomic E-state index is -0.137. The molecule has 2 amide bonds. The van der Waals surface area contributed by atoms with E-state index in [-0.39, 0.29) is 30.4 Å². The minimum absolute atomic E-state index is 0.0208. The molecule has 0 radical (unpaired) electrons. The largest absolute Gasteiger partial charge is 0.497 e. The van der Waals surface area contributed by atoms with E-state index in [1.54, 1.807) is 37.3 Å². The van der Waals surface area contributed by atoms with Crippen molar-refractivity contribution in [2.24, 2.45) is 7.05 Å². The normalized spacial score (nSPS) is 16.3. The molecule has 33 heavy (non-hydrogen) atoms. The van der Waals surface area contributed by atoms with E-state index in [0.29, 0.717) is 23.6 Å². The van der Waals surface area contributed by atoms with Crippen molar-refractivity contribution in [3.63, 3.8) is 0 Å². The van der Waals surface area contributed by atoms with Crippen molar-refractivity contribution in [3.05, 3.63) is 47.8 Å². The Kier molecular flexibility index (Phi) is 7.26. The predicted octanol–water partition coefficient (Wildman–Crippen LogP) is 4.01. The van der Waals surface area contributed by atoms with Crippen LogP contribution in [-0.2, 0) is 18.4 Å². The first-order chi connectivity index (χ1) is 16.0. The van der Waals surface area contributed by atoms with E-state index in [1.807, 2.05) is 24.2 Å². The molecule has 1 aromatic heterocycles. The Morgan fingerprint density at radius 3 is 2.12 bits per heavy atom. The molecule has 0 saturated heterocycles. The van der Waals surface area contributed by atoms with Crippen LogP contribution in [0.25, 0.3) is 0 Å². The summed E-state index contributed by atoms with van der Waals surface area (Å²) in [4.78, 5) is 31.1. The Morgan fingerprint density at radius 1 is 0.939 bits per heavy atom. The molecule has 1 aromatic carbocycles. The molecule has 4 rings (SSSR count). The van der Waals surface area contributed by atoms with Crippen LogP contribution in [-0.4, -0.2) is 59.0 Å². The Balaban J connectivity index is 1.58. The van der Waals surface area contributed by atoms with E-state index in [9.17, 15) is 9.59 Å². The molecule has 2 fully saturated rings. The zero-order valence-electron chi connectivity index (χ0n) is 20.0. The molecule has 2 aliphatic carbocycles. The van der Waals surface area contributed by atoms with Gasteiger partial charge in [0.05, 0.1) is 20.8 Å². The van der Waals surface area contributed by atoms with Gasteiger partial charge in [-0.2, -0.15) is 0 Å². The molecule has 7 nitrogen and oxygen atoms in total. The van der Waals surface area contributed by atoms with Crippen LogP contribution in [0.1, 0.15) is 61.0 Å². The third kappa shape index (κ3) is 5.52. The van der Waals surface area contributed by atoms with Crippen LogP contribution < -0.4 is 9.47 Å². The van der Waals surface area contributed by atoms with Crippen molar-refractivity contribution in [1.29, 1.82) is 0 Å². The molecular weight excluding hydrogens is 418 g/mol. The summed E-state index contributed by atoms with van der Waals surface area (Å²) >= 11 is 0. The van der Waals surface area contributed by atoms with Crippen molar-refractivity contribution in [1.82, 2.24) is 14.4 Å². The lowest BCUT2D eigenvalue weighted by atomic mass is 9.93. The van der Waals surface area contributed by atoms with Gasteiger partial charge in [0.15, 0.2) is 0 Å². The van der Waals surface area contributed by atoms with Crippen LogP contribution in [0, 0.1) is 0 Å². The number of hydrogen-bond donors (Lipinski definition) is 0. The summed E-state index contributed by atoms with van der Waals surface area (Å²) in [5.74, 6) is 1.02. The number of ether oxygens (including phenoxy) is 2. The van der Waals surface area contributed by atoms with E-state index in [1.165, 1.54) is 6.42 Å². The van der Waals surface area contributed by atoms with Gasteiger partial charge < -0.3 is 23.8 Å². The summed E-state index contributed by atoms with van der Waals surface area (Å²) in [6.07, 6.45) is 9.27. The van der Waals surface area contributed by atoms with E-state index in [4.69, 9.17) is 9.47 Å². The zero-order chi connectivity index (χ0) is 23.4. The van der Waals surface area contributed by atoms with Crippen molar-refractivity contribution in [2.45, 2.75) is 63.6 Å². The fraction of sp³-hybridized carbons (Fsp3) is 0.538. The molecule has 7 heteroatoms. The van der Waals surface area contributed by atoms with Gasteiger partial charge in [0, 0.05) is 42.7 Å². The van der Waals surface area contributed by atoms with Gasteiger partial charge in [0.1, 0.15) is 18.0 Å². The van der Waals surface area contributed by atoms with E-state index >= 15 is 0 Å². The number of nitrogens with zero attached hydrogens (tertiary/aromatic N) is 3. The molecule has 0 N–H and O–H groups in total. The lowest BCUT2D eigenvalue weighted by Crippen LogP contribution is -2.48. The van der Waals surface area contributed by atoms with Crippen LogP contribution in [0.4, 0.5) is 0 Å². The predicted molar refractivity (Wildman–Crippen MR) is 126 cm³/mol. The summed E-state index contributed by atoms with van der Waals surface area (Å²) in [6.45, 7) is 0.677. The number of methoxy groups -OCH3 is 2. The fourth-order valence-electron chi connectivity index (χ4n) is 4.74. The van der Waals surface area contributed by atoms with Crippen LogP contribution in [0.2, 0.25) is 0 Å². The first kappa shape index (κ1) is 23.2. The van der Waals surface area contributed by atoms with Crippen LogP contribution in [0.3, 0.4) is 0 Å². The molecule has 2 aromatic rings. The molecule has 0 unspecified atom stereocenters. The highest BCUT2D eigenvalue weighted by atomic mass is 16.5. The average Bonchev–Trinajstić information content (AvgIpc) is 3.61. The number of rotatable bonds is 9. The van der Waals surface area contributed by atoms with Crippen molar-refractivity contribution >= 4 is 11.8 Å². The Bertz CT molecular complexity index is 953. The van der Waals surface area contributed by atoms with Crippen molar-refractivity contribution in [2.75, 3.05) is 20.8 Å². The number of carbonyl (C=O) groups excluding carboxylic acids is 2. The van der Waals surface area contributed by atoms with Crippen molar-refractivity contribution in [3.8, 4) is 11.5 Å². The maximum Gasteiger partial charge on any atom is 0.254 e. The molecule has 1 heterocycles. The molecule has 0 atom stereocenters. The second-order valence-electron chi connectivity index (χ2n) is 9.19. The third-order valence-electron chi connectivity index (χ3n) is 6.87. The van der Waals surface area contributed by atoms with Crippen LogP contribution in [0.15, 0.2) is 36.5 Å². The molecule has 0 bridgehead atoms. The van der Waals surface area contributed by atoms with E-state index in [0.717, 1.165) is 44.2 Å². The average molecular weight is 454 g/mol. The first-order valence-electron chi connectivity index (χ1n) is 11.9. The van der Waals surface area contributed by atoms with Gasteiger partial charge in [-0.05, 0) is 49.9 Å². The maximum absolute atomic E-state index is 13.7. The smallest absolute Gasteiger partial charge is 0.254 e. The number of hydrogen-bond acceptors (Lipinski definition) is 4. The second-order valence-corrected chi connectivity index (χ2v) is 9.19. The number of aromatic nitrogens is 1. The standard InChI is InChI=1S/C26H35N3O4/c1-27-13-7-10-22(27)17-28(21-11-12-21)25(30)18-29(20-8-5-4-6-9-20)26(31)19-14-23(32-2)16-24(15-19)33-3/h7,10,13-16,20-21H,4-6,8-9,11-12,17-18H2,1-3H3. The fourth-order valence-corrected chi connectivity index (χ4v) is 4.74. The van der Waals surface area contributed by atoms with E-state index in [2.05, 4.69) is 10.6 Å². The second kappa shape index (κ2) is 10.3. The molecule has 0 spiro atoms. The van der Waals surface area contributed by atoms with Gasteiger partial charge in [-0.25, -0.2) is 0 Å². The summed E-state index contributed by atoms with van der Waals surface area (Å²) in [5, 5.41) is 0. The third-order valence-corrected chi connectivity index (χ3v) is 6.87. The maximum atomic E-state index is 13.7. The number of amides is 2. The van der Waals surface area contributed by atoms with Crippen molar-refractivity contribution < 1.29 is 19.1 Å².